The van der Waals surface area contributed by atoms with Crippen molar-refractivity contribution < 1.29 is 31.1 Å². The number of ether oxygens (including phenoxy) is 2. The highest BCUT2D eigenvalue weighted by molar-refractivity contribution is 7.89. The molecule has 0 saturated carbocycles. The van der Waals surface area contributed by atoms with Gasteiger partial charge >= 0.3 is 6.36 Å². The molecule has 1 heterocycles. The number of likely N-dealkylation sites (N-methyl/N-ethyl adjacent to an activating group) is 1. The largest absolute Gasteiger partial charge is 0.573 e. The number of benzene rings is 1. The predicted molar refractivity (Wildman–Crippen MR) is 89.4 cm³/mol. The van der Waals surface area contributed by atoms with E-state index in [1.165, 1.54) is 4.31 Å². The molecule has 10 heteroatoms. The van der Waals surface area contributed by atoms with Gasteiger partial charge in [0.25, 0.3) is 0 Å². The molecule has 0 amide bonds. The summed E-state index contributed by atoms with van der Waals surface area (Å²) in [5.41, 5.74) is 0. The second-order valence-corrected chi connectivity index (χ2v) is 8.17. The van der Waals surface area contributed by atoms with Gasteiger partial charge in [0.05, 0.1) is 4.90 Å². The lowest BCUT2D eigenvalue weighted by atomic mass is 10.1. The van der Waals surface area contributed by atoms with Crippen LogP contribution in [-0.2, 0) is 14.8 Å². The van der Waals surface area contributed by atoms with E-state index in [1.807, 2.05) is 19.0 Å². The maximum atomic E-state index is 13.0. The van der Waals surface area contributed by atoms with Crippen molar-refractivity contribution in [3.05, 3.63) is 24.3 Å². The molecule has 1 aromatic carbocycles. The zero-order valence-corrected chi connectivity index (χ0v) is 15.5. The van der Waals surface area contributed by atoms with Crippen LogP contribution in [0.15, 0.2) is 29.2 Å². The molecule has 0 atom stereocenters. The van der Waals surface area contributed by atoms with Gasteiger partial charge in [-0.2, -0.15) is 4.31 Å². The predicted octanol–water partition coefficient (Wildman–Crippen LogP) is 2.32. The number of hydrogen-bond acceptors (Lipinski definition) is 5. The lowest BCUT2D eigenvalue weighted by Gasteiger charge is -2.34. The molecule has 148 valence electrons. The molecule has 0 bridgehead atoms. The maximum Gasteiger partial charge on any atom is 0.573 e. The number of sulfonamides is 1. The summed E-state index contributed by atoms with van der Waals surface area (Å²) in [7, 11) is -0.152. The van der Waals surface area contributed by atoms with E-state index < -0.39 is 22.1 Å². The number of halogens is 3. The molecule has 0 spiro atoms. The van der Waals surface area contributed by atoms with Crippen molar-refractivity contribution in [1.82, 2.24) is 9.21 Å². The Balaban J connectivity index is 2.23. The van der Waals surface area contributed by atoms with Crippen LogP contribution in [0.25, 0.3) is 0 Å². The summed E-state index contributed by atoms with van der Waals surface area (Å²) in [5.74, 6) is -0.456. The van der Waals surface area contributed by atoms with Crippen LogP contribution in [0.1, 0.15) is 12.8 Å². The zero-order chi connectivity index (χ0) is 19.4. The molecular formula is C16H23F3N2O4S. The van der Waals surface area contributed by atoms with Crippen molar-refractivity contribution in [2.75, 3.05) is 40.4 Å². The van der Waals surface area contributed by atoms with Gasteiger partial charge in [0.1, 0.15) is 5.75 Å². The highest BCUT2D eigenvalue weighted by Gasteiger charge is 2.34. The van der Waals surface area contributed by atoms with Gasteiger partial charge in [-0.25, -0.2) is 8.42 Å². The fraction of sp³-hybridized carbons (Fsp3) is 0.625. The monoisotopic (exact) mass is 396 g/mol. The van der Waals surface area contributed by atoms with Crippen LogP contribution in [0.5, 0.6) is 5.75 Å². The quantitative estimate of drug-likeness (QED) is 0.708. The summed E-state index contributed by atoms with van der Waals surface area (Å²) < 4.78 is 73.4. The van der Waals surface area contributed by atoms with Gasteiger partial charge < -0.3 is 14.4 Å². The lowest BCUT2D eigenvalue weighted by molar-refractivity contribution is -0.274. The molecule has 26 heavy (non-hydrogen) atoms. The van der Waals surface area contributed by atoms with Crippen LogP contribution in [0, 0.1) is 0 Å². The van der Waals surface area contributed by atoms with Crippen molar-refractivity contribution in [2.24, 2.45) is 0 Å². The number of hydrogen-bond donors (Lipinski definition) is 0. The van der Waals surface area contributed by atoms with Gasteiger partial charge in [-0.15, -0.1) is 13.2 Å². The first-order valence-electron chi connectivity index (χ1n) is 8.20. The van der Waals surface area contributed by atoms with E-state index >= 15 is 0 Å². The molecule has 1 aliphatic heterocycles. The number of alkyl halides is 3. The first-order valence-corrected chi connectivity index (χ1v) is 9.64. The van der Waals surface area contributed by atoms with Crippen molar-refractivity contribution in [3.63, 3.8) is 0 Å². The third-order valence-corrected chi connectivity index (χ3v) is 6.00. The molecule has 2 rings (SSSR count). The Morgan fingerprint density at radius 3 is 2.19 bits per heavy atom. The van der Waals surface area contributed by atoms with Crippen molar-refractivity contribution in [3.8, 4) is 5.75 Å². The van der Waals surface area contributed by atoms with Crippen LogP contribution in [-0.4, -0.2) is 70.4 Å². The summed E-state index contributed by atoms with van der Waals surface area (Å²) in [5, 5.41) is 0. The minimum absolute atomic E-state index is 0.0581. The Labute approximate surface area is 151 Å². The van der Waals surface area contributed by atoms with Crippen LogP contribution in [0.4, 0.5) is 13.2 Å². The maximum absolute atomic E-state index is 13.0. The van der Waals surface area contributed by atoms with E-state index in [2.05, 4.69) is 4.74 Å². The summed E-state index contributed by atoms with van der Waals surface area (Å²) in [6.07, 6.45) is -3.65. The van der Waals surface area contributed by atoms with E-state index in [0.29, 0.717) is 39.1 Å². The van der Waals surface area contributed by atoms with Crippen LogP contribution in [0.3, 0.4) is 0 Å². The molecule has 0 N–H and O–H groups in total. The average molecular weight is 396 g/mol. The van der Waals surface area contributed by atoms with E-state index in [4.69, 9.17) is 4.74 Å². The fourth-order valence-corrected chi connectivity index (χ4v) is 4.40. The molecule has 0 radical (unpaired) electrons. The van der Waals surface area contributed by atoms with Crippen molar-refractivity contribution >= 4 is 10.0 Å². The molecular weight excluding hydrogens is 373 g/mol. The first kappa shape index (κ1) is 20.9. The molecule has 1 aromatic rings. The second kappa shape index (κ2) is 8.55. The van der Waals surface area contributed by atoms with Gasteiger partial charge in [-0.3, -0.25) is 0 Å². The Kier molecular flexibility index (Phi) is 6.89. The molecule has 0 aliphatic carbocycles. The lowest BCUT2D eigenvalue weighted by Crippen LogP contribution is -2.46. The van der Waals surface area contributed by atoms with Crippen molar-refractivity contribution in [1.29, 1.82) is 0 Å². The molecule has 0 aromatic heterocycles. The average Bonchev–Trinajstić information content (AvgIpc) is 2.54. The van der Waals surface area contributed by atoms with Gasteiger partial charge in [0.2, 0.25) is 10.0 Å². The van der Waals surface area contributed by atoms with Crippen molar-refractivity contribution in [2.45, 2.75) is 30.1 Å². The molecule has 6 nitrogen and oxygen atoms in total. The SMILES string of the molecule is CN(C)CCN(C1CCOCC1)S(=O)(=O)c1ccc(OC(F)(F)F)cc1. The summed E-state index contributed by atoms with van der Waals surface area (Å²) >= 11 is 0. The van der Waals surface area contributed by atoms with E-state index in [1.54, 1.807) is 0 Å². The molecule has 1 fully saturated rings. The third kappa shape index (κ3) is 5.83. The minimum atomic E-state index is -4.82. The summed E-state index contributed by atoms with van der Waals surface area (Å²) in [4.78, 5) is 1.82. The van der Waals surface area contributed by atoms with Gasteiger partial charge in [-0.1, -0.05) is 0 Å². The fourth-order valence-electron chi connectivity index (χ4n) is 2.72. The Hall–Kier alpha value is -1.36. The zero-order valence-electron chi connectivity index (χ0n) is 14.7. The normalized spacial score (nSPS) is 17.0. The Morgan fingerprint density at radius 1 is 1.12 bits per heavy atom. The second-order valence-electron chi connectivity index (χ2n) is 6.28. The smallest absolute Gasteiger partial charge is 0.406 e. The number of nitrogens with zero attached hydrogens (tertiary/aromatic N) is 2. The van der Waals surface area contributed by atoms with Crippen LogP contribution in [0.2, 0.25) is 0 Å². The van der Waals surface area contributed by atoms with E-state index in [0.717, 1.165) is 24.3 Å². The van der Waals surface area contributed by atoms with Gasteiger partial charge in [0.15, 0.2) is 0 Å². The third-order valence-electron chi connectivity index (χ3n) is 4.03. The van der Waals surface area contributed by atoms with E-state index in [9.17, 15) is 21.6 Å². The standard InChI is InChI=1S/C16H23F3N2O4S/c1-20(2)9-10-21(13-7-11-24-12-8-13)26(22,23)15-5-3-14(4-6-15)25-16(17,18)19/h3-6,13H,7-12H2,1-2H3. The van der Waals surface area contributed by atoms with Crippen LogP contribution >= 0.6 is 0 Å². The highest BCUT2D eigenvalue weighted by Crippen LogP contribution is 2.27. The summed E-state index contributed by atoms with van der Waals surface area (Å²) in [6, 6.07) is 4.10. The van der Waals surface area contributed by atoms with E-state index in [-0.39, 0.29) is 10.9 Å². The topological polar surface area (TPSA) is 59.1 Å². The Morgan fingerprint density at radius 2 is 1.69 bits per heavy atom. The highest BCUT2D eigenvalue weighted by atomic mass is 32.2. The molecule has 1 aliphatic rings. The minimum Gasteiger partial charge on any atom is -0.406 e. The summed E-state index contributed by atoms with van der Waals surface area (Å²) in [6.45, 7) is 1.79. The van der Waals surface area contributed by atoms with Crippen LogP contribution < -0.4 is 4.74 Å². The number of rotatable bonds is 7. The van der Waals surface area contributed by atoms with Gasteiger partial charge in [0, 0.05) is 32.3 Å². The van der Waals surface area contributed by atoms with Gasteiger partial charge in [-0.05, 0) is 51.2 Å². The Bertz CT molecular complexity index is 672. The molecule has 0 unspecified atom stereocenters. The first-order chi connectivity index (χ1) is 12.1. The molecule has 1 saturated heterocycles.